The van der Waals surface area contributed by atoms with Gasteiger partial charge in [0.1, 0.15) is 24.9 Å². The van der Waals surface area contributed by atoms with E-state index in [-0.39, 0.29) is 13.2 Å². The van der Waals surface area contributed by atoms with E-state index in [1.807, 2.05) is 0 Å². The summed E-state index contributed by atoms with van der Waals surface area (Å²) in [6.45, 7) is 2.93. The summed E-state index contributed by atoms with van der Waals surface area (Å²) in [6.07, 6.45) is -3.23. The number of hydrogen-bond donors (Lipinski definition) is 2. The highest BCUT2D eigenvalue weighted by molar-refractivity contribution is 5.89. The van der Waals surface area contributed by atoms with Crippen molar-refractivity contribution >= 4 is 5.97 Å². The first-order chi connectivity index (χ1) is 10.8. The minimum atomic E-state index is -1.44. The van der Waals surface area contributed by atoms with Crippen molar-refractivity contribution in [2.45, 2.75) is 43.7 Å². The number of esters is 1. The first-order valence-electron chi connectivity index (χ1n) is 7.43. The number of fused-ring (bicyclic) bond motifs is 1. The molecule has 0 unspecified atom stereocenters. The van der Waals surface area contributed by atoms with Crippen LogP contribution in [0.25, 0.3) is 0 Å². The minimum absolute atomic E-state index is 0.139. The minimum Gasteiger partial charge on any atom is -0.456 e. The number of carbonyl (C=O) groups excluding carboxylic acids is 1. The van der Waals surface area contributed by atoms with E-state index in [2.05, 4.69) is 0 Å². The molecule has 2 saturated heterocycles. The van der Waals surface area contributed by atoms with Gasteiger partial charge in [0.15, 0.2) is 5.79 Å². The molecule has 0 aliphatic carbocycles. The zero-order valence-electron chi connectivity index (χ0n) is 13.0. The Hall–Kier alpha value is -1.51. The van der Waals surface area contributed by atoms with Crippen molar-refractivity contribution in [3.8, 4) is 0 Å². The Kier molecular flexibility index (Phi) is 4.16. The van der Waals surface area contributed by atoms with Crippen LogP contribution >= 0.6 is 0 Å². The maximum atomic E-state index is 12.1. The Morgan fingerprint density at radius 3 is 2.70 bits per heavy atom. The normalized spacial score (nSPS) is 35.6. The van der Waals surface area contributed by atoms with Crippen LogP contribution < -0.4 is 0 Å². The average molecular weight is 324 g/mol. The van der Waals surface area contributed by atoms with Gasteiger partial charge in [-0.15, -0.1) is 0 Å². The molecule has 1 aromatic rings. The second kappa shape index (κ2) is 5.85. The van der Waals surface area contributed by atoms with E-state index in [0.717, 1.165) is 0 Å². The maximum Gasteiger partial charge on any atom is 0.338 e. The molecule has 0 aromatic heterocycles. The average Bonchev–Trinajstić information content (AvgIpc) is 2.82. The Morgan fingerprint density at radius 2 is 2.00 bits per heavy atom. The molecule has 0 radical (unpaired) electrons. The summed E-state index contributed by atoms with van der Waals surface area (Å²) in [6, 6.07) is 8.52. The van der Waals surface area contributed by atoms with E-state index in [1.165, 1.54) is 0 Å². The van der Waals surface area contributed by atoms with Gasteiger partial charge in [0.2, 0.25) is 5.79 Å². The highest BCUT2D eigenvalue weighted by Gasteiger charge is 2.62. The fraction of sp³-hybridized carbons (Fsp3) is 0.562. The topological polar surface area (TPSA) is 94.5 Å². The molecule has 2 fully saturated rings. The molecule has 2 N–H and O–H groups in total. The van der Waals surface area contributed by atoms with Crippen LogP contribution in [0.15, 0.2) is 30.3 Å². The zero-order valence-corrected chi connectivity index (χ0v) is 13.0. The standard InChI is InChI=1S/C16H20O7/c1-15(2)22-13-12(18)11(17)8-21-16(13,23-15)9-20-14(19)10-6-4-3-5-7-10/h3-7,11-13,17-18H,8-9H2,1-2H3/t11-,12-,13+,16+/m1/s1. The van der Waals surface area contributed by atoms with E-state index in [0.29, 0.717) is 5.56 Å². The lowest BCUT2D eigenvalue weighted by Gasteiger charge is -2.40. The van der Waals surface area contributed by atoms with Gasteiger partial charge in [-0.2, -0.15) is 0 Å². The first-order valence-corrected chi connectivity index (χ1v) is 7.43. The van der Waals surface area contributed by atoms with Crippen molar-refractivity contribution < 1.29 is 34.0 Å². The fourth-order valence-corrected chi connectivity index (χ4v) is 2.84. The fourth-order valence-electron chi connectivity index (χ4n) is 2.84. The van der Waals surface area contributed by atoms with Crippen LogP contribution in [0.5, 0.6) is 0 Å². The van der Waals surface area contributed by atoms with Crippen LogP contribution in [0.1, 0.15) is 24.2 Å². The molecule has 4 atom stereocenters. The number of ether oxygens (including phenoxy) is 4. The Morgan fingerprint density at radius 1 is 1.30 bits per heavy atom. The number of rotatable bonds is 3. The van der Waals surface area contributed by atoms with Crippen molar-refractivity contribution in [1.82, 2.24) is 0 Å². The van der Waals surface area contributed by atoms with Crippen molar-refractivity contribution in [2.75, 3.05) is 13.2 Å². The first kappa shape index (κ1) is 16.4. The van der Waals surface area contributed by atoms with E-state index in [1.54, 1.807) is 44.2 Å². The third-order valence-corrected chi connectivity index (χ3v) is 3.88. The Balaban J connectivity index is 1.75. The molecule has 3 rings (SSSR count). The number of benzene rings is 1. The number of hydrogen-bond acceptors (Lipinski definition) is 7. The van der Waals surface area contributed by atoms with Crippen molar-refractivity contribution in [3.63, 3.8) is 0 Å². The molecule has 2 aliphatic rings. The monoisotopic (exact) mass is 324 g/mol. The third-order valence-electron chi connectivity index (χ3n) is 3.88. The molecule has 0 bridgehead atoms. The second-order valence-electron chi connectivity index (χ2n) is 6.16. The molecule has 23 heavy (non-hydrogen) atoms. The van der Waals surface area contributed by atoms with E-state index < -0.39 is 35.9 Å². The summed E-state index contributed by atoms with van der Waals surface area (Å²) in [5.74, 6) is -3.00. The van der Waals surface area contributed by atoms with Gasteiger partial charge in [-0.1, -0.05) is 18.2 Å². The lowest BCUT2D eigenvalue weighted by Crippen LogP contribution is -2.61. The van der Waals surface area contributed by atoms with Gasteiger partial charge in [-0.25, -0.2) is 4.79 Å². The third kappa shape index (κ3) is 3.11. The van der Waals surface area contributed by atoms with Gasteiger partial charge in [-0.05, 0) is 26.0 Å². The highest BCUT2D eigenvalue weighted by Crippen LogP contribution is 2.42. The molecule has 7 heteroatoms. The summed E-state index contributed by atoms with van der Waals surface area (Å²) in [4.78, 5) is 12.1. The maximum absolute atomic E-state index is 12.1. The predicted molar refractivity (Wildman–Crippen MR) is 77.5 cm³/mol. The molecule has 126 valence electrons. The predicted octanol–water partition coefficient (Wildman–Crippen LogP) is 0.443. The molecular weight excluding hydrogens is 304 g/mol. The number of carbonyl (C=O) groups is 1. The Labute approximate surface area is 133 Å². The Bertz CT molecular complexity index is 573. The molecule has 2 aliphatic heterocycles. The lowest BCUT2D eigenvalue weighted by atomic mass is 9.97. The van der Waals surface area contributed by atoms with E-state index >= 15 is 0 Å². The summed E-state index contributed by atoms with van der Waals surface area (Å²) in [7, 11) is 0. The molecular formula is C16H20O7. The van der Waals surface area contributed by atoms with Crippen LogP contribution in [0.3, 0.4) is 0 Å². The molecule has 1 aromatic carbocycles. The molecule has 0 spiro atoms. The smallest absolute Gasteiger partial charge is 0.338 e. The van der Waals surface area contributed by atoms with Gasteiger partial charge in [0.05, 0.1) is 12.2 Å². The molecule has 7 nitrogen and oxygen atoms in total. The van der Waals surface area contributed by atoms with Gasteiger partial charge in [-0.3, -0.25) is 0 Å². The molecule has 2 heterocycles. The van der Waals surface area contributed by atoms with Gasteiger partial charge < -0.3 is 29.2 Å². The van der Waals surface area contributed by atoms with E-state index in [4.69, 9.17) is 18.9 Å². The summed E-state index contributed by atoms with van der Waals surface area (Å²) in [5.41, 5.74) is 0.398. The van der Waals surface area contributed by atoms with Crippen molar-refractivity contribution in [2.24, 2.45) is 0 Å². The molecule has 0 amide bonds. The SMILES string of the molecule is CC1(C)O[C@H]2[C@H](O)[C@H](O)CO[C@@]2(COC(=O)c2ccccc2)O1. The van der Waals surface area contributed by atoms with Gasteiger partial charge >= 0.3 is 5.97 Å². The number of aliphatic hydroxyl groups excluding tert-OH is 2. The highest BCUT2D eigenvalue weighted by atomic mass is 16.9. The number of aliphatic hydroxyl groups is 2. The van der Waals surface area contributed by atoms with Crippen molar-refractivity contribution in [3.05, 3.63) is 35.9 Å². The van der Waals surface area contributed by atoms with Crippen LogP contribution in [0, 0.1) is 0 Å². The van der Waals surface area contributed by atoms with Crippen LogP contribution in [-0.4, -0.2) is 59.3 Å². The second-order valence-corrected chi connectivity index (χ2v) is 6.16. The van der Waals surface area contributed by atoms with Gasteiger partial charge in [0, 0.05) is 0 Å². The van der Waals surface area contributed by atoms with E-state index in [9.17, 15) is 15.0 Å². The summed E-state index contributed by atoms with van der Waals surface area (Å²) in [5, 5.41) is 19.9. The zero-order chi connectivity index (χ0) is 16.7. The van der Waals surface area contributed by atoms with Crippen LogP contribution in [0.2, 0.25) is 0 Å². The quantitative estimate of drug-likeness (QED) is 0.779. The lowest BCUT2D eigenvalue weighted by molar-refractivity contribution is -0.303. The van der Waals surface area contributed by atoms with Crippen LogP contribution in [0.4, 0.5) is 0 Å². The summed E-state index contributed by atoms with van der Waals surface area (Å²) >= 11 is 0. The largest absolute Gasteiger partial charge is 0.456 e. The molecule has 0 saturated carbocycles. The van der Waals surface area contributed by atoms with Gasteiger partial charge in [0.25, 0.3) is 0 Å². The summed E-state index contributed by atoms with van der Waals surface area (Å²) < 4.78 is 22.2. The van der Waals surface area contributed by atoms with Crippen molar-refractivity contribution in [1.29, 1.82) is 0 Å². The van der Waals surface area contributed by atoms with Crippen LogP contribution in [-0.2, 0) is 18.9 Å².